The monoisotopic (exact) mass is 201 g/mol. The molecule has 0 aromatic carbocycles. The van der Waals surface area contributed by atoms with E-state index in [0.29, 0.717) is 12.4 Å². The molecule has 0 aliphatic heterocycles. The Balaban J connectivity index is 2.80. The van der Waals surface area contributed by atoms with E-state index in [9.17, 15) is 0 Å². The first-order valence-corrected chi connectivity index (χ1v) is 3.85. The summed E-state index contributed by atoms with van der Waals surface area (Å²) < 4.78 is 0. The molecule has 12 heavy (non-hydrogen) atoms. The van der Waals surface area contributed by atoms with Crippen molar-refractivity contribution in [3.63, 3.8) is 0 Å². The number of hydrogen-bond donors (Lipinski definition) is 1. The van der Waals surface area contributed by atoms with Gasteiger partial charge in [-0.2, -0.15) is 0 Å². The first-order valence-electron chi connectivity index (χ1n) is 3.10. The van der Waals surface area contributed by atoms with E-state index < -0.39 is 0 Å². The van der Waals surface area contributed by atoms with Crippen molar-refractivity contribution >= 4 is 29.0 Å². The van der Waals surface area contributed by atoms with Crippen molar-refractivity contribution in [3.8, 4) is 12.3 Å². The van der Waals surface area contributed by atoms with Gasteiger partial charge >= 0.3 is 0 Å². The number of anilines is 1. The van der Waals surface area contributed by atoms with Gasteiger partial charge in [0.25, 0.3) is 0 Å². The van der Waals surface area contributed by atoms with Gasteiger partial charge < -0.3 is 5.32 Å². The molecular formula is C7H5Cl2N3. The maximum absolute atomic E-state index is 5.60. The second kappa shape index (κ2) is 4.15. The van der Waals surface area contributed by atoms with Gasteiger partial charge in [0.1, 0.15) is 11.0 Å². The van der Waals surface area contributed by atoms with Crippen LogP contribution in [0, 0.1) is 12.3 Å². The molecule has 0 atom stereocenters. The average Bonchev–Trinajstić information content (AvgIpc) is 1.99. The molecule has 0 aliphatic carbocycles. The molecule has 1 aromatic heterocycles. The number of aromatic nitrogens is 2. The standard InChI is InChI=1S/C7H5Cl2N3/c1-2-3-10-6-4-5(8)11-7(9)12-6/h1,4H,3H2,(H,10,11,12). The molecule has 62 valence electrons. The molecule has 5 heteroatoms. The summed E-state index contributed by atoms with van der Waals surface area (Å²) in [6, 6.07) is 1.55. The minimum Gasteiger partial charge on any atom is -0.359 e. The molecule has 3 nitrogen and oxygen atoms in total. The van der Waals surface area contributed by atoms with Crippen LogP contribution in [0.4, 0.5) is 5.82 Å². The summed E-state index contributed by atoms with van der Waals surface area (Å²) >= 11 is 11.1. The number of hydrogen-bond acceptors (Lipinski definition) is 3. The van der Waals surface area contributed by atoms with Gasteiger partial charge in [0.2, 0.25) is 5.28 Å². The molecule has 1 rings (SSSR count). The zero-order valence-electron chi connectivity index (χ0n) is 6.01. The van der Waals surface area contributed by atoms with Crippen molar-refractivity contribution in [2.24, 2.45) is 0 Å². The van der Waals surface area contributed by atoms with Gasteiger partial charge in [-0.15, -0.1) is 6.42 Å². The van der Waals surface area contributed by atoms with Crippen molar-refractivity contribution < 1.29 is 0 Å². The first-order chi connectivity index (χ1) is 5.72. The molecule has 0 saturated carbocycles. The Morgan fingerprint density at radius 2 is 2.25 bits per heavy atom. The zero-order chi connectivity index (χ0) is 8.97. The van der Waals surface area contributed by atoms with E-state index in [1.165, 1.54) is 0 Å². The fourth-order valence-corrected chi connectivity index (χ4v) is 1.03. The highest BCUT2D eigenvalue weighted by atomic mass is 35.5. The van der Waals surface area contributed by atoms with Crippen LogP contribution >= 0.6 is 23.2 Å². The Bertz CT molecular complexity index is 299. The maximum Gasteiger partial charge on any atom is 0.225 e. The largest absolute Gasteiger partial charge is 0.359 e. The quantitative estimate of drug-likeness (QED) is 0.451. The van der Waals surface area contributed by atoms with Gasteiger partial charge in [0.05, 0.1) is 6.54 Å². The van der Waals surface area contributed by atoms with Crippen molar-refractivity contribution in [2.75, 3.05) is 11.9 Å². The molecule has 1 N–H and O–H groups in total. The van der Waals surface area contributed by atoms with Crippen LogP contribution < -0.4 is 5.32 Å². The smallest absolute Gasteiger partial charge is 0.225 e. The fourth-order valence-electron chi connectivity index (χ4n) is 0.622. The van der Waals surface area contributed by atoms with Crippen LogP contribution in [0.2, 0.25) is 10.4 Å². The van der Waals surface area contributed by atoms with Crippen molar-refractivity contribution in [1.29, 1.82) is 0 Å². The average molecular weight is 202 g/mol. The number of nitrogens with zero attached hydrogens (tertiary/aromatic N) is 2. The summed E-state index contributed by atoms with van der Waals surface area (Å²) in [5, 5.41) is 3.21. The third kappa shape index (κ3) is 2.57. The van der Waals surface area contributed by atoms with Gasteiger partial charge in [0, 0.05) is 6.07 Å². The number of halogens is 2. The Morgan fingerprint density at radius 3 is 2.83 bits per heavy atom. The number of nitrogens with one attached hydrogen (secondary N) is 1. The maximum atomic E-state index is 5.60. The summed E-state index contributed by atoms with van der Waals surface area (Å²) in [7, 11) is 0. The summed E-state index contributed by atoms with van der Waals surface area (Å²) in [5.41, 5.74) is 0. The summed E-state index contributed by atoms with van der Waals surface area (Å²) in [5.74, 6) is 2.92. The fraction of sp³-hybridized carbons (Fsp3) is 0.143. The lowest BCUT2D eigenvalue weighted by Gasteiger charge is -2.00. The lowest BCUT2D eigenvalue weighted by Crippen LogP contribution is -2.01. The lowest BCUT2D eigenvalue weighted by atomic mass is 10.5. The number of terminal acetylenes is 1. The van der Waals surface area contributed by atoms with Gasteiger partial charge in [-0.05, 0) is 11.6 Å². The molecule has 0 amide bonds. The highest BCUT2D eigenvalue weighted by molar-refractivity contribution is 6.32. The van der Waals surface area contributed by atoms with Crippen LogP contribution in [0.5, 0.6) is 0 Å². The third-order valence-electron chi connectivity index (χ3n) is 1.04. The predicted octanol–water partition coefficient (Wildman–Crippen LogP) is 1.83. The Morgan fingerprint density at radius 1 is 1.50 bits per heavy atom. The summed E-state index contributed by atoms with van der Waals surface area (Å²) in [6.07, 6.45) is 5.03. The van der Waals surface area contributed by atoms with E-state index in [1.54, 1.807) is 6.07 Å². The van der Waals surface area contributed by atoms with Gasteiger partial charge in [0.15, 0.2) is 0 Å². The molecule has 1 heterocycles. The van der Waals surface area contributed by atoms with Crippen LogP contribution in [0.1, 0.15) is 0 Å². The highest BCUT2D eigenvalue weighted by Crippen LogP contribution is 2.13. The highest BCUT2D eigenvalue weighted by Gasteiger charge is 1.98. The molecule has 0 fully saturated rings. The van der Waals surface area contributed by atoms with E-state index in [0.717, 1.165) is 0 Å². The molecule has 0 saturated heterocycles. The minimum absolute atomic E-state index is 0.0991. The van der Waals surface area contributed by atoms with E-state index in [2.05, 4.69) is 21.2 Å². The van der Waals surface area contributed by atoms with Gasteiger partial charge in [-0.25, -0.2) is 9.97 Å². The summed E-state index contributed by atoms with van der Waals surface area (Å²) in [4.78, 5) is 7.51. The van der Waals surface area contributed by atoms with E-state index >= 15 is 0 Å². The number of rotatable bonds is 2. The second-order valence-corrected chi connectivity index (χ2v) is 2.63. The Hall–Kier alpha value is -0.980. The lowest BCUT2D eigenvalue weighted by molar-refractivity contribution is 1.15. The first kappa shape index (κ1) is 9.11. The van der Waals surface area contributed by atoms with Crippen LogP contribution in [-0.2, 0) is 0 Å². The van der Waals surface area contributed by atoms with Crippen LogP contribution in [0.15, 0.2) is 6.07 Å². The van der Waals surface area contributed by atoms with Crippen LogP contribution in [0.3, 0.4) is 0 Å². The van der Waals surface area contributed by atoms with Gasteiger partial charge in [-0.1, -0.05) is 17.5 Å². The molecule has 0 spiro atoms. The van der Waals surface area contributed by atoms with Crippen molar-refractivity contribution in [1.82, 2.24) is 9.97 Å². The molecule has 0 radical (unpaired) electrons. The normalized spacial score (nSPS) is 9.08. The van der Waals surface area contributed by atoms with E-state index in [1.807, 2.05) is 0 Å². The van der Waals surface area contributed by atoms with E-state index in [-0.39, 0.29) is 10.4 Å². The Labute approximate surface area is 80.1 Å². The summed E-state index contributed by atoms with van der Waals surface area (Å²) in [6.45, 7) is 0.379. The molecular weight excluding hydrogens is 197 g/mol. The predicted molar refractivity (Wildman–Crippen MR) is 49.4 cm³/mol. The van der Waals surface area contributed by atoms with Crippen molar-refractivity contribution in [3.05, 3.63) is 16.5 Å². The van der Waals surface area contributed by atoms with Crippen molar-refractivity contribution in [2.45, 2.75) is 0 Å². The minimum atomic E-state index is 0.0991. The van der Waals surface area contributed by atoms with Gasteiger partial charge in [-0.3, -0.25) is 0 Å². The molecule has 0 aliphatic rings. The SMILES string of the molecule is C#CCNc1cc(Cl)nc(Cl)n1. The molecule has 0 unspecified atom stereocenters. The third-order valence-corrected chi connectivity index (χ3v) is 1.40. The van der Waals surface area contributed by atoms with Crippen LogP contribution in [-0.4, -0.2) is 16.5 Å². The topological polar surface area (TPSA) is 37.8 Å². The molecule has 1 aromatic rings. The Kier molecular flexibility index (Phi) is 3.15. The van der Waals surface area contributed by atoms with E-state index in [4.69, 9.17) is 29.6 Å². The van der Waals surface area contributed by atoms with Crippen LogP contribution in [0.25, 0.3) is 0 Å². The molecule has 0 bridgehead atoms. The zero-order valence-corrected chi connectivity index (χ0v) is 7.52. The second-order valence-electron chi connectivity index (χ2n) is 1.90.